The van der Waals surface area contributed by atoms with Gasteiger partial charge in [-0.2, -0.15) is 5.10 Å². The number of hydrogen-bond acceptors (Lipinski definition) is 5. The SMILES string of the molecule is COc1cc(OC)c(C=NNC(=N)NO)cc1Br. The van der Waals surface area contributed by atoms with Gasteiger partial charge in [0.25, 0.3) is 0 Å². The lowest BCUT2D eigenvalue weighted by Gasteiger charge is -2.09. The zero-order valence-corrected chi connectivity index (χ0v) is 11.4. The molecular formula is C10H13BrN4O3. The Balaban J connectivity index is 2.94. The minimum Gasteiger partial charge on any atom is -0.496 e. The zero-order chi connectivity index (χ0) is 13.5. The molecule has 0 unspecified atom stereocenters. The molecule has 0 heterocycles. The molecule has 1 rings (SSSR count). The van der Waals surface area contributed by atoms with Gasteiger partial charge < -0.3 is 9.47 Å². The van der Waals surface area contributed by atoms with Crippen molar-refractivity contribution in [1.29, 1.82) is 5.41 Å². The van der Waals surface area contributed by atoms with E-state index in [1.54, 1.807) is 24.7 Å². The van der Waals surface area contributed by atoms with Gasteiger partial charge in [-0.05, 0) is 22.0 Å². The normalized spacial score (nSPS) is 10.2. The summed E-state index contributed by atoms with van der Waals surface area (Å²) in [6, 6.07) is 3.47. The number of ether oxygens (including phenoxy) is 2. The summed E-state index contributed by atoms with van der Waals surface area (Å²) in [6.45, 7) is 0. The first kappa shape index (κ1) is 14.3. The van der Waals surface area contributed by atoms with Crippen LogP contribution in [-0.4, -0.2) is 31.6 Å². The van der Waals surface area contributed by atoms with E-state index >= 15 is 0 Å². The highest BCUT2D eigenvalue weighted by Crippen LogP contribution is 2.31. The average Bonchev–Trinajstić information content (AvgIpc) is 2.38. The van der Waals surface area contributed by atoms with E-state index in [1.807, 2.05) is 0 Å². The lowest BCUT2D eigenvalue weighted by Crippen LogP contribution is -2.30. The molecule has 0 aliphatic rings. The van der Waals surface area contributed by atoms with Gasteiger partial charge in [0.1, 0.15) is 11.5 Å². The molecule has 0 fully saturated rings. The second-order valence-electron chi connectivity index (χ2n) is 3.09. The minimum absolute atomic E-state index is 0.335. The van der Waals surface area contributed by atoms with Crippen molar-refractivity contribution in [2.75, 3.05) is 14.2 Å². The first-order valence-corrected chi connectivity index (χ1v) is 5.61. The zero-order valence-electron chi connectivity index (χ0n) is 9.82. The highest BCUT2D eigenvalue weighted by atomic mass is 79.9. The summed E-state index contributed by atoms with van der Waals surface area (Å²) in [7, 11) is 3.09. The number of nitrogens with one attached hydrogen (secondary N) is 3. The van der Waals surface area contributed by atoms with Crippen molar-refractivity contribution in [2.24, 2.45) is 5.10 Å². The Morgan fingerprint density at radius 3 is 2.61 bits per heavy atom. The van der Waals surface area contributed by atoms with Gasteiger partial charge in [0, 0.05) is 11.6 Å². The quantitative estimate of drug-likeness (QED) is 0.381. The third kappa shape index (κ3) is 3.60. The maximum atomic E-state index is 8.39. The summed E-state index contributed by atoms with van der Waals surface area (Å²) in [4.78, 5) is 0. The van der Waals surface area contributed by atoms with Crippen LogP contribution in [0.3, 0.4) is 0 Å². The highest BCUT2D eigenvalue weighted by molar-refractivity contribution is 9.10. The maximum absolute atomic E-state index is 8.39. The minimum atomic E-state index is -0.335. The Morgan fingerprint density at radius 2 is 2.06 bits per heavy atom. The van der Waals surface area contributed by atoms with E-state index in [4.69, 9.17) is 20.1 Å². The summed E-state index contributed by atoms with van der Waals surface area (Å²) < 4.78 is 11.1. The fourth-order valence-corrected chi connectivity index (χ4v) is 1.70. The van der Waals surface area contributed by atoms with Crippen LogP contribution in [0.5, 0.6) is 11.5 Å². The average molecular weight is 317 g/mol. The molecule has 0 aliphatic carbocycles. The van der Waals surface area contributed by atoms with E-state index < -0.39 is 0 Å². The molecule has 0 saturated carbocycles. The predicted molar refractivity (Wildman–Crippen MR) is 70.6 cm³/mol. The molecule has 0 aromatic heterocycles. The topological polar surface area (TPSA) is 99.0 Å². The van der Waals surface area contributed by atoms with E-state index in [0.29, 0.717) is 17.1 Å². The molecular weight excluding hydrogens is 304 g/mol. The maximum Gasteiger partial charge on any atom is 0.233 e. The lowest BCUT2D eigenvalue weighted by atomic mass is 10.2. The summed E-state index contributed by atoms with van der Waals surface area (Å²) >= 11 is 3.35. The van der Waals surface area contributed by atoms with Gasteiger partial charge in [-0.1, -0.05) is 0 Å². The van der Waals surface area contributed by atoms with Crippen molar-refractivity contribution >= 4 is 28.1 Å². The van der Waals surface area contributed by atoms with Crippen LogP contribution in [0.1, 0.15) is 5.56 Å². The third-order valence-electron chi connectivity index (χ3n) is 2.00. The molecule has 0 spiro atoms. The van der Waals surface area contributed by atoms with Crippen LogP contribution >= 0.6 is 15.9 Å². The third-order valence-corrected chi connectivity index (χ3v) is 2.62. The summed E-state index contributed by atoms with van der Waals surface area (Å²) in [5, 5.41) is 19.2. The van der Waals surface area contributed by atoms with Gasteiger partial charge in [-0.25, -0.2) is 10.9 Å². The molecule has 4 N–H and O–H groups in total. The fourth-order valence-electron chi connectivity index (χ4n) is 1.18. The number of benzene rings is 1. The van der Waals surface area contributed by atoms with Crippen LogP contribution in [0.25, 0.3) is 0 Å². The van der Waals surface area contributed by atoms with Crippen LogP contribution in [0.15, 0.2) is 21.7 Å². The van der Waals surface area contributed by atoms with Gasteiger partial charge in [-0.3, -0.25) is 10.6 Å². The van der Waals surface area contributed by atoms with E-state index in [0.717, 1.165) is 4.47 Å². The van der Waals surface area contributed by atoms with Crippen molar-refractivity contribution in [3.05, 3.63) is 22.2 Å². The number of hydrogen-bond donors (Lipinski definition) is 4. The molecule has 0 amide bonds. The Labute approximate surface area is 112 Å². The first-order valence-electron chi connectivity index (χ1n) is 4.81. The second-order valence-corrected chi connectivity index (χ2v) is 3.94. The van der Waals surface area contributed by atoms with Crippen molar-refractivity contribution in [1.82, 2.24) is 10.9 Å². The Hall–Kier alpha value is -1.80. The highest BCUT2D eigenvalue weighted by Gasteiger charge is 2.07. The van der Waals surface area contributed by atoms with Crippen molar-refractivity contribution in [3.63, 3.8) is 0 Å². The van der Waals surface area contributed by atoms with Crippen LogP contribution in [0, 0.1) is 5.41 Å². The number of guanidine groups is 1. The molecule has 0 saturated heterocycles. The number of hydroxylamine groups is 1. The number of halogens is 1. The molecule has 1 aromatic carbocycles. The first-order chi connectivity index (χ1) is 8.62. The van der Waals surface area contributed by atoms with Crippen LogP contribution in [-0.2, 0) is 0 Å². The molecule has 0 aliphatic heterocycles. The van der Waals surface area contributed by atoms with E-state index in [9.17, 15) is 0 Å². The van der Waals surface area contributed by atoms with Crippen molar-refractivity contribution in [2.45, 2.75) is 0 Å². The van der Waals surface area contributed by atoms with Gasteiger partial charge >= 0.3 is 0 Å². The molecule has 0 bridgehead atoms. The molecule has 8 heteroatoms. The summed E-state index contributed by atoms with van der Waals surface area (Å²) in [5.41, 5.74) is 4.56. The largest absolute Gasteiger partial charge is 0.496 e. The molecule has 0 radical (unpaired) electrons. The fraction of sp³-hybridized carbons (Fsp3) is 0.200. The second kappa shape index (κ2) is 6.82. The molecule has 7 nitrogen and oxygen atoms in total. The number of hydrazone groups is 1. The van der Waals surface area contributed by atoms with E-state index in [1.165, 1.54) is 13.3 Å². The lowest BCUT2D eigenvalue weighted by molar-refractivity contribution is 0.228. The van der Waals surface area contributed by atoms with Crippen LogP contribution in [0.2, 0.25) is 0 Å². The van der Waals surface area contributed by atoms with Gasteiger partial charge in [0.2, 0.25) is 5.96 Å². The van der Waals surface area contributed by atoms with Gasteiger partial charge in [-0.15, -0.1) is 0 Å². The number of rotatable bonds is 4. The van der Waals surface area contributed by atoms with Crippen molar-refractivity contribution < 1.29 is 14.7 Å². The standard InChI is InChI=1S/C10H13BrN4O3/c1-17-8-4-9(18-2)7(11)3-6(8)5-13-14-10(12)15-16/h3-5,16H,1-2H3,(H3,12,14,15). The monoisotopic (exact) mass is 316 g/mol. The van der Waals surface area contributed by atoms with E-state index in [2.05, 4.69) is 26.5 Å². The summed E-state index contributed by atoms with van der Waals surface area (Å²) in [6.07, 6.45) is 1.45. The van der Waals surface area contributed by atoms with Gasteiger partial charge in [0.15, 0.2) is 0 Å². The Kier molecular flexibility index (Phi) is 5.40. The number of methoxy groups -OCH3 is 2. The van der Waals surface area contributed by atoms with Crippen LogP contribution in [0.4, 0.5) is 0 Å². The molecule has 1 aromatic rings. The molecule has 0 atom stereocenters. The van der Waals surface area contributed by atoms with Crippen molar-refractivity contribution in [3.8, 4) is 11.5 Å². The molecule has 98 valence electrons. The Bertz CT molecular complexity index is 465. The number of nitrogens with zero attached hydrogens (tertiary/aromatic N) is 1. The van der Waals surface area contributed by atoms with Crippen LogP contribution < -0.4 is 20.4 Å². The van der Waals surface area contributed by atoms with Gasteiger partial charge in [0.05, 0.1) is 24.9 Å². The molecule has 18 heavy (non-hydrogen) atoms. The smallest absolute Gasteiger partial charge is 0.233 e. The van der Waals surface area contributed by atoms with E-state index in [-0.39, 0.29) is 5.96 Å². The Morgan fingerprint density at radius 1 is 1.39 bits per heavy atom. The summed E-state index contributed by atoms with van der Waals surface area (Å²) in [5.74, 6) is 0.878. The predicted octanol–water partition coefficient (Wildman–Crippen LogP) is 1.30.